The van der Waals surface area contributed by atoms with E-state index >= 15 is 0 Å². The Kier molecular flexibility index (Phi) is 3.56. The van der Waals surface area contributed by atoms with E-state index in [1.54, 1.807) is 0 Å². The van der Waals surface area contributed by atoms with Crippen molar-refractivity contribution in [3.63, 3.8) is 0 Å². The summed E-state index contributed by atoms with van der Waals surface area (Å²) in [5, 5.41) is 6.69. The van der Waals surface area contributed by atoms with E-state index in [0.29, 0.717) is 6.04 Å². The lowest BCUT2D eigenvalue weighted by molar-refractivity contribution is 0.0913. The molecule has 1 amide bonds. The van der Waals surface area contributed by atoms with Gasteiger partial charge in [-0.25, -0.2) is 0 Å². The van der Waals surface area contributed by atoms with Gasteiger partial charge >= 0.3 is 0 Å². The lowest BCUT2D eigenvalue weighted by Gasteiger charge is -2.31. The molecular formula is C16H22N2O. The van der Waals surface area contributed by atoms with Gasteiger partial charge < -0.3 is 10.6 Å². The summed E-state index contributed by atoms with van der Waals surface area (Å²) in [7, 11) is 0. The van der Waals surface area contributed by atoms with Gasteiger partial charge in [-0.1, -0.05) is 18.2 Å². The summed E-state index contributed by atoms with van der Waals surface area (Å²) < 4.78 is 0. The van der Waals surface area contributed by atoms with Crippen molar-refractivity contribution in [2.75, 3.05) is 13.1 Å². The highest BCUT2D eigenvalue weighted by atomic mass is 16.1. The molecule has 3 nitrogen and oxygen atoms in total. The quantitative estimate of drug-likeness (QED) is 0.853. The highest BCUT2D eigenvalue weighted by Gasteiger charge is 2.34. The predicted octanol–water partition coefficient (Wildman–Crippen LogP) is 2.11. The Labute approximate surface area is 114 Å². The number of benzene rings is 1. The lowest BCUT2D eigenvalue weighted by Crippen LogP contribution is -2.40. The Hall–Kier alpha value is -1.35. The Morgan fingerprint density at radius 3 is 2.84 bits per heavy atom. The molecule has 1 unspecified atom stereocenters. The molecule has 1 heterocycles. The summed E-state index contributed by atoms with van der Waals surface area (Å²) in [5.41, 5.74) is 1.87. The number of carbonyl (C=O) groups is 1. The van der Waals surface area contributed by atoms with Crippen molar-refractivity contribution in [2.24, 2.45) is 11.8 Å². The van der Waals surface area contributed by atoms with Crippen LogP contribution in [0.3, 0.4) is 0 Å². The Bertz CT molecular complexity index is 472. The van der Waals surface area contributed by atoms with Gasteiger partial charge in [-0.2, -0.15) is 0 Å². The first kappa shape index (κ1) is 12.7. The maximum Gasteiger partial charge on any atom is 0.251 e. The monoisotopic (exact) mass is 258 g/mol. The third-order valence-electron chi connectivity index (χ3n) is 4.68. The number of carbonyl (C=O) groups excluding carboxylic acids is 1. The Morgan fingerprint density at radius 1 is 1.21 bits per heavy atom. The summed E-state index contributed by atoms with van der Waals surface area (Å²) in [6.45, 7) is 4.29. The molecule has 3 rings (SSSR count). The second-order valence-electron chi connectivity index (χ2n) is 5.98. The maximum absolute atomic E-state index is 12.3. The minimum Gasteiger partial charge on any atom is -0.349 e. The van der Waals surface area contributed by atoms with Crippen LogP contribution in [0.15, 0.2) is 24.3 Å². The molecule has 3 heteroatoms. The van der Waals surface area contributed by atoms with Gasteiger partial charge in [0.15, 0.2) is 0 Å². The fourth-order valence-electron chi connectivity index (χ4n) is 3.52. The minimum atomic E-state index is 0.0903. The minimum absolute atomic E-state index is 0.0903. The molecule has 2 fully saturated rings. The van der Waals surface area contributed by atoms with Gasteiger partial charge in [0, 0.05) is 11.6 Å². The standard InChI is InChI=1S/C16H22N2O/c1-11-4-2-3-5-15(11)16(19)18-14-7-6-12-9-17-10-13(12)8-14/h2-5,12-14,17H,6-10H2,1H3,(H,18,19)/t12-,13+,14?/m0/s1. The molecule has 0 radical (unpaired) electrons. The van der Waals surface area contributed by atoms with Crippen molar-refractivity contribution in [1.82, 2.24) is 10.6 Å². The van der Waals surface area contributed by atoms with Gasteiger partial charge in [0.25, 0.3) is 5.91 Å². The maximum atomic E-state index is 12.3. The van der Waals surface area contributed by atoms with Gasteiger partial charge in [-0.15, -0.1) is 0 Å². The van der Waals surface area contributed by atoms with E-state index in [4.69, 9.17) is 0 Å². The van der Waals surface area contributed by atoms with Crippen LogP contribution in [0, 0.1) is 18.8 Å². The van der Waals surface area contributed by atoms with Gasteiger partial charge in [0.2, 0.25) is 0 Å². The van der Waals surface area contributed by atoms with Crippen molar-refractivity contribution in [2.45, 2.75) is 32.2 Å². The summed E-state index contributed by atoms with van der Waals surface area (Å²) in [4.78, 5) is 12.3. The zero-order valence-corrected chi connectivity index (χ0v) is 11.5. The molecule has 1 saturated carbocycles. The van der Waals surface area contributed by atoms with Crippen LogP contribution < -0.4 is 10.6 Å². The molecule has 2 N–H and O–H groups in total. The first-order chi connectivity index (χ1) is 9.24. The van der Waals surface area contributed by atoms with E-state index in [0.717, 1.165) is 42.3 Å². The van der Waals surface area contributed by atoms with Crippen LogP contribution in [-0.2, 0) is 0 Å². The van der Waals surface area contributed by atoms with Crippen LogP contribution in [0.5, 0.6) is 0 Å². The van der Waals surface area contributed by atoms with Crippen LogP contribution in [0.2, 0.25) is 0 Å². The van der Waals surface area contributed by atoms with Crippen molar-refractivity contribution in [1.29, 1.82) is 0 Å². The van der Waals surface area contributed by atoms with E-state index in [9.17, 15) is 4.79 Å². The lowest BCUT2D eigenvalue weighted by atomic mass is 9.79. The van der Waals surface area contributed by atoms with E-state index in [-0.39, 0.29) is 5.91 Å². The normalized spacial score (nSPS) is 29.8. The molecule has 3 atom stereocenters. The molecule has 0 aromatic heterocycles. The smallest absolute Gasteiger partial charge is 0.251 e. The third kappa shape index (κ3) is 2.66. The highest BCUT2D eigenvalue weighted by Crippen LogP contribution is 2.32. The fourth-order valence-corrected chi connectivity index (χ4v) is 3.52. The summed E-state index contributed by atoms with van der Waals surface area (Å²) in [6, 6.07) is 8.16. The second kappa shape index (κ2) is 5.33. The number of aryl methyl sites for hydroxylation is 1. The average Bonchev–Trinajstić information content (AvgIpc) is 2.86. The number of amides is 1. The number of fused-ring (bicyclic) bond motifs is 1. The van der Waals surface area contributed by atoms with E-state index in [2.05, 4.69) is 10.6 Å². The van der Waals surface area contributed by atoms with Crippen LogP contribution in [0.25, 0.3) is 0 Å². The predicted molar refractivity (Wildman–Crippen MR) is 76.1 cm³/mol. The molecule has 1 aromatic carbocycles. The summed E-state index contributed by atoms with van der Waals surface area (Å²) in [6.07, 6.45) is 3.51. The van der Waals surface area contributed by atoms with E-state index in [1.807, 2.05) is 31.2 Å². The Balaban J connectivity index is 1.62. The number of hydrogen-bond donors (Lipinski definition) is 2. The van der Waals surface area contributed by atoms with Crippen LogP contribution in [0.1, 0.15) is 35.2 Å². The zero-order chi connectivity index (χ0) is 13.2. The fraction of sp³-hybridized carbons (Fsp3) is 0.562. The first-order valence-corrected chi connectivity index (χ1v) is 7.31. The molecule has 0 bridgehead atoms. The van der Waals surface area contributed by atoms with Crippen molar-refractivity contribution < 1.29 is 4.79 Å². The van der Waals surface area contributed by atoms with Crippen LogP contribution in [0.4, 0.5) is 0 Å². The summed E-state index contributed by atoms with van der Waals surface area (Å²) in [5.74, 6) is 1.69. The average molecular weight is 258 g/mol. The zero-order valence-electron chi connectivity index (χ0n) is 11.5. The van der Waals surface area contributed by atoms with Crippen molar-refractivity contribution in [3.8, 4) is 0 Å². The number of rotatable bonds is 2. The third-order valence-corrected chi connectivity index (χ3v) is 4.68. The molecule has 1 aromatic rings. The van der Waals surface area contributed by atoms with Gasteiger partial charge in [0.1, 0.15) is 0 Å². The largest absolute Gasteiger partial charge is 0.349 e. The molecule has 1 aliphatic carbocycles. The van der Waals surface area contributed by atoms with Gasteiger partial charge in [0.05, 0.1) is 0 Å². The number of hydrogen-bond acceptors (Lipinski definition) is 2. The molecule has 1 saturated heterocycles. The molecule has 0 spiro atoms. The van der Waals surface area contributed by atoms with Crippen molar-refractivity contribution >= 4 is 5.91 Å². The topological polar surface area (TPSA) is 41.1 Å². The second-order valence-corrected chi connectivity index (χ2v) is 5.98. The highest BCUT2D eigenvalue weighted by molar-refractivity contribution is 5.95. The van der Waals surface area contributed by atoms with Crippen LogP contribution in [-0.4, -0.2) is 25.0 Å². The molecule has 2 aliphatic rings. The Morgan fingerprint density at radius 2 is 2.00 bits per heavy atom. The summed E-state index contributed by atoms with van der Waals surface area (Å²) >= 11 is 0. The first-order valence-electron chi connectivity index (χ1n) is 7.31. The molecule has 1 aliphatic heterocycles. The van der Waals surface area contributed by atoms with Crippen molar-refractivity contribution in [3.05, 3.63) is 35.4 Å². The SMILES string of the molecule is Cc1ccccc1C(=O)NC1CC[C@H]2CNC[C@H]2C1. The van der Waals surface area contributed by atoms with E-state index < -0.39 is 0 Å². The van der Waals surface area contributed by atoms with Crippen LogP contribution >= 0.6 is 0 Å². The van der Waals surface area contributed by atoms with Gasteiger partial charge in [-0.3, -0.25) is 4.79 Å². The molecule has 102 valence electrons. The van der Waals surface area contributed by atoms with Gasteiger partial charge in [-0.05, 0) is 62.7 Å². The number of nitrogens with one attached hydrogen (secondary N) is 2. The molecular weight excluding hydrogens is 236 g/mol. The molecule has 19 heavy (non-hydrogen) atoms. The van der Waals surface area contributed by atoms with E-state index in [1.165, 1.54) is 13.0 Å².